The van der Waals surface area contributed by atoms with Crippen molar-refractivity contribution in [1.82, 2.24) is 9.55 Å². The smallest absolute Gasteiger partial charge is 0.133 e. The third kappa shape index (κ3) is 5.08. The number of fused-ring (bicyclic) bond motifs is 1. The molecule has 0 aliphatic heterocycles. The molecule has 0 amide bonds. The molecule has 2 aromatic carbocycles. The first-order valence-corrected chi connectivity index (χ1v) is 11.0. The number of para-hydroxylation sites is 2. The monoisotopic (exact) mass is 414 g/mol. The largest absolute Gasteiger partial charge is 0.493 e. The molecule has 4 nitrogen and oxygen atoms in total. The molecule has 4 heteroatoms. The minimum absolute atomic E-state index is 0.455. The van der Waals surface area contributed by atoms with E-state index in [1.165, 1.54) is 11.1 Å². The lowest BCUT2D eigenvalue weighted by atomic mass is 10.0. The summed E-state index contributed by atoms with van der Waals surface area (Å²) in [6, 6.07) is 18.6. The number of ether oxygens (including phenoxy) is 1. The summed E-state index contributed by atoms with van der Waals surface area (Å²) >= 11 is 0. The highest BCUT2D eigenvalue weighted by molar-refractivity contribution is 5.79. The third-order valence-corrected chi connectivity index (χ3v) is 5.45. The van der Waals surface area contributed by atoms with Gasteiger partial charge in [-0.3, -0.25) is 0 Å². The molecular formula is C27H30N2O2. The van der Waals surface area contributed by atoms with E-state index in [-0.39, 0.29) is 0 Å². The molecule has 0 aliphatic rings. The summed E-state index contributed by atoms with van der Waals surface area (Å²) in [6.07, 6.45) is 7.68. The number of hydrogen-bond acceptors (Lipinski definition) is 3. The van der Waals surface area contributed by atoms with Crippen molar-refractivity contribution < 1.29 is 9.15 Å². The number of nitrogens with zero attached hydrogens (tertiary/aromatic N) is 2. The van der Waals surface area contributed by atoms with Gasteiger partial charge in [0, 0.05) is 6.54 Å². The number of aromatic nitrogens is 2. The van der Waals surface area contributed by atoms with E-state index < -0.39 is 0 Å². The maximum atomic E-state index is 6.16. The van der Waals surface area contributed by atoms with Crippen LogP contribution in [0.1, 0.15) is 55.3 Å². The van der Waals surface area contributed by atoms with E-state index in [2.05, 4.69) is 61.7 Å². The van der Waals surface area contributed by atoms with Crippen LogP contribution in [0.3, 0.4) is 0 Å². The van der Waals surface area contributed by atoms with Gasteiger partial charge in [0.15, 0.2) is 0 Å². The molecule has 160 valence electrons. The van der Waals surface area contributed by atoms with E-state index in [0.29, 0.717) is 12.5 Å². The molecular weight excluding hydrogens is 384 g/mol. The van der Waals surface area contributed by atoms with Crippen molar-refractivity contribution in [2.24, 2.45) is 0 Å². The first kappa shape index (κ1) is 21.0. The Morgan fingerprint density at radius 1 is 1.03 bits per heavy atom. The highest BCUT2D eigenvalue weighted by Crippen LogP contribution is 2.27. The zero-order valence-electron chi connectivity index (χ0n) is 18.5. The number of hydrogen-bond donors (Lipinski definition) is 0. The first-order chi connectivity index (χ1) is 15.1. The van der Waals surface area contributed by atoms with E-state index in [0.717, 1.165) is 47.8 Å². The maximum absolute atomic E-state index is 6.16. The first-order valence-electron chi connectivity index (χ1n) is 11.0. The van der Waals surface area contributed by atoms with Gasteiger partial charge in [-0.1, -0.05) is 38.1 Å². The van der Waals surface area contributed by atoms with Crippen LogP contribution in [0.15, 0.2) is 65.3 Å². The van der Waals surface area contributed by atoms with Gasteiger partial charge in [0.05, 0.1) is 23.9 Å². The minimum atomic E-state index is 0.455. The van der Waals surface area contributed by atoms with E-state index in [1.54, 1.807) is 6.26 Å². The molecule has 0 saturated heterocycles. The summed E-state index contributed by atoms with van der Waals surface area (Å²) in [6.45, 7) is 8.14. The molecule has 0 unspecified atom stereocenters. The maximum Gasteiger partial charge on any atom is 0.133 e. The molecule has 0 atom stereocenters. The predicted molar refractivity (Wildman–Crippen MR) is 127 cm³/mol. The van der Waals surface area contributed by atoms with Crippen LogP contribution in [0.25, 0.3) is 23.2 Å². The highest BCUT2D eigenvalue weighted by Gasteiger charge is 2.10. The quantitative estimate of drug-likeness (QED) is 0.274. The molecule has 2 heterocycles. The van der Waals surface area contributed by atoms with Crippen molar-refractivity contribution in [3.63, 3.8) is 0 Å². The summed E-state index contributed by atoms with van der Waals surface area (Å²) < 4.78 is 13.9. The number of rotatable bonds is 9. The van der Waals surface area contributed by atoms with Crippen molar-refractivity contribution in [2.45, 2.75) is 46.1 Å². The molecule has 4 aromatic rings. The molecule has 4 rings (SSSR count). The third-order valence-electron chi connectivity index (χ3n) is 5.45. The number of imidazole rings is 1. The summed E-state index contributed by atoms with van der Waals surface area (Å²) in [4.78, 5) is 4.80. The van der Waals surface area contributed by atoms with Crippen LogP contribution in [0.5, 0.6) is 5.75 Å². The fourth-order valence-electron chi connectivity index (χ4n) is 3.80. The van der Waals surface area contributed by atoms with Crippen LogP contribution in [-0.2, 0) is 6.54 Å². The average Bonchev–Trinajstić information content (AvgIpc) is 3.39. The van der Waals surface area contributed by atoms with E-state index in [9.17, 15) is 0 Å². The Balaban J connectivity index is 1.41. The molecule has 0 aliphatic carbocycles. The zero-order valence-corrected chi connectivity index (χ0v) is 18.5. The normalized spacial score (nSPS) is 11.7. The molecule has 0 spiro atoms. The van der Waals surface area contributed by atoms with Crippen molar-refractivity contribution in [3.05, 3.63) is 83.6 Å². The van der Waals surface area contributed by atoms with E-state index >= 15 is 0 Å². The lowest BCUT2D eigenvalue weighted by Crippen LogP contribution is -2.05. The fraction of sp³-hybridized carbons (Fsp3) is 0.296. The van der Waals surface area contributed by atoms with Gasteiger partial charge >= 0.3 is 0 Å². The zero-order chi connectivity index (χ0) is 21.6. The highest BCUT2D eigenvalue weighted by atomic mass is 16.5. The molecule has 0 fully saturated rings. The average molecular weight is 415 g/mol. The second-order valence-electron chi connectivity index (χ2n) is 8.21. The lowest BCUT2D eigenvalue weighted by molar-refractivity contribution is 0.299. The molecule has 2 aromatic heterocycles. The van der Waals surface area contributed by atoms with Crippen LogP contribution in [-0.4, -0.2) is 16.2 Å². The Bertz CT molecular complexity index is 1150. The summed E-state index contributed by atoms with van der Waals surface area (Å²) in [7, 11) is 0. The second kappa shape index (κ2) is 9.69. The summed E-state index contributed by atoms with van der Waals surface area (Å²) in [5.41, 5.74) is 4.68. The number of aryl methyl sites for hydroxylation is 2. The second-order valence-corrected chi connectivity index (χ2v) is 8.21. The van der Waals surface area contributed by atoms with Gasteiger partial charge in [-0.2, -0.15) is 0 Å². The molecule has 31 heavy (non-hydrogen) atoms. The lowest BCUT2D eigenvalue weighted by Gasteiger charge is -2.15. The van der Waals surface area contributed by atoms with Crippen LogP contribution in [0, 0.1) is 6.92 Å². The number of benzene rings is 2. The predicted octanol–water partition coefficient (Wildman–Crippen LogP) is 7.09. The standard InChI is InChI=1S/C27H30N2O2/c1-20(2)23-14-12-21(3)19-26(23)31-17-7-6-16-29-25-11-5-4-10-24(25)28-27(29)15-13-22-9-8-18-30-22/h4-5,8-15,18-20H,6-7,16-17H2,1-3H3/b15-13+. The van der Waals surface area contributed by atoms with Crippen LogP contribution in [0.4, 0.5) is 0 Å². The molecule has 0 bridgehead atoms. The van der Waals surface area contributed by atoms with Crippen molar-refractivity contribution in [1.29, 1.82) is 0 Å². The van der Waals surface area contributed by atoms with Gasteiger partial charge < -0.3 is 13.7 Å². The van der Waals surface area contributed by atoms with Crippen molar-refractivity contribution in [2.75, 3.05) is 6.61 Å². The summed E-state index contributed by atoms with van der Waals surface area (Å²) in [5.74, 6) is 3.24. The van der Waals surface area contributed by atoms with Gasteiger partial charge in [0.2, 0.25) is 0 Å². The Hall–Kier alpha value is -3.27. The molecule has 0 N–H and O–H groups in total. The van der Waals surface area contributed by atoms with Crippen molar-refractivity contribution >= 4 is 23.2 Å². The van der Waals surface area contributed by atoms with E-state index in [4.69, 9.17) is 14.1 Å². The molecule has 0 radical (unpaired) electrons. The van der Waals surface area contributed by atoms with Gasteiger partial charge in [0.1, 0.15) is 17.3 Å². The Labute approximate surface area is 184 Å². The van der Waals surface area contributed by atoms with E-state index in [1.807, 2.05) is 30.4 Å². The van der Waals surface area contributed by atoms with Gasteiger partial charge in [-0.05, 0) is 79.3 Å². The topological polar surface area (TPSA) is 40.2 Å². The van der Waals surface area contributed by atoms with Crippen LogP contribution >= 0.6 is 0 Å². The van der Waals surface area contributed by atoms with Gasteiger partial charge in [0.25, 0.3) is 0 Å². The fourth-order valence-corrected chi connectivity index (χ4v) is 3.80. The van der Waals surface area contributed by atoms with Crippen molar-refractivity contribution in [3.8, 4) is 5.75 Å². The SMILES string of the molecule is Cc1ccc(C(C)C)c(OCCCCn2c(/C=C/c3ccco3)nc3ccccc32)c1. The van der Waals surface area contributed by atoms with Crippen LogP contribution < -0.4 is 4.74 Å². The molecule has 0 saturated carbocycles. The number of furan rings is 1. The Morgan fingerprint density at radius 3 is 2.71 bits per heavy atom. The Kier molecular flexibility index (Phi) is 6.56. The minimum Gasteiger partial charge on any atom is -0.493 e. The Morgan fingerprint density at radius 2 is 1.90 bits per heavy atom. The van der Waals surface area contributed by atoms with Gasteiger partial charge in [-0.25, -0.2) is 4.98 Å². The summed E-state index contributed by atoms with van der Waals surface area (Å²) in [5, 5.41) is 0. The van der Waals surface area contributed by atoms with Gasteiger partial charge in [-0.15, -0.1) is 0 Å². The number of unbranched alkanes of at least 4 members (excludes halogenated alkanes) is 1. The van der Waals surface area contributed by atoms with Crippen LogP contribution in [0.2, 0.25) is 0 Å².